The van der Waals surface area contributed by atoms with Crippen molar-refractivity contribution in [2.75, 3.05) is 7.11 Å². The molecule has 5 nitrogen and oxygen atoms in total. The van der Waals surface area contributed by atoms with Gasteiger partial charge in [-0.05, 0) is 38.5 Å². The van der Waals surface area contributed by atoms with Crippen molar-refractivity contribution in [3.63, 3.8) is 0 Å². The minimum absolute atomic E-state index is 0.0630. The topological polar surface area (TPSA) is 87.0 Å². The molecular formula is C21H28O5. The monoisotopic (exact) mass is 360 g/mol. The van der Waals surface area contributed by atoms with Gasteiger partial charge in [0.05, 0.1) is 23.8 Å². The van der Waals surface area contributed by atoms with Gasteiger partial charge in [-0.25, -0.2) is 0 Å². The van der Waals surface area contributed by atoms with Gasteiger partial charge in [0.25, 0.3) is 0 Å². The minimum atomic E-state index is -1.53. The lowest BCUT2D eigenvalue weighted by Gasteiger charge is -2.49. The Morgan fingerprint density at radius 1 is 1.27 bits per heavy atom. The summed E-state index contributed by atoms with van der Waals surface area (Å²) in [6.07, 6.45) is 1.98. The first kappa shape index (κ1) is 18.8. The van der Waals surface area contributed by atoms with Gasteiger partial charge in [-0.2, -0.15) is 0 Å². The number of ketones is 1. The summed E-state index contributed by atoms with van der Waals surface area (Å²) in [5, 5.41) is 32.1. The number of hydrogen-bond acceptors (Lipinski definition) is 5. The fourth-order valence-corrected chi connectivity index (χ4v) is 4.87. The number of benzene rings is 1. The summed E-state index contributed by atoms with van der Waals surface area (Å²) >= 11 is 0. The van der Waals surface area contributed by atoms with Crippen LogP contribution in [0.1, 0.15) is 68.4 Å². The molecule has 3 rings (SSSR count). The lowest BCUT2D eigenvalue weighted by atomic mass is 9.54. The van der Waals surface area contributed by atoms with E-state index in [9.17, 15) is 20.1 Å². The molecule has 0 aromatic heterocycles. The predicted molar refractivity (Wildman–Crippen MR) is 98.9 cm³/mol. The zero-order valence-electron chi connectivity index (χ0n) is 16.1. The zero-order chi connectivity index (χ0) is 19.6. The number of aromatic hydroxyl groups is 2. The van der Waals surface area contributed by atoms with Crippen LogP contribution in [0, 0.1) is 11.8 Å². The molecule has 3 N–H and O–H groups in total. The molecular weight excluding hydrogens is 332 g/mol. The van der Waals surface area contributed by atoms with Gasteiger partial charge in [0.15, 0.2) is 17.3 Å². The average molecular weight is 360 g/mol. The van der Waals surface area contributed by atoms with Crippen LogP contribution in [-0.2, 0) is 11.0 Å². The van der Waals surface area contributed by atoms with Gasteiger partial charge >= 0.3 is 0 Å². The van der Waals surface area contributed by atoms with Crippen molar-refractivity contribution in [1.82, 2.24) is 0 Å². The van der Waals surface area contributed by atoms with Crippen LogP contribution < -0.4 is 4.74 Å². The molecule has 1 aromatic carbocycles. The summed E-state index contributed by atoms with van der Waals surface area (Å²) in [4.78, 5) is 13.0. The molecule has 1 fully saturated rings. The fourth-order valence-electron chi connectivity index (χ4n) is 4.87. The predicted octanol–water partition coefficient (Wildman–Crippen LogP) is 3.78. The summed E-state index contributed by atoms with van der Waals surface area (Å²) in [5.41, 5.74) is -0.336. The number of aliphatic hydroxyl groups is 1. The molecule has 0 unspecified atom stereocenters. The Morgan fingerprint density at radius 3 is 2.42 bits per heavy atom. The normalized spacial score (nSPS) is 28.5. The van der Waals surface area contributed by atoms with E-state index in [1.807, 2.05) is 6.92 Å². The van der Waals surface area contributed by atoms with Crippen LogP contribution in [-0.4, -0.2) is 28.2 Å². The number of fused-ring (bicyclic) bond motifs is 3. The molecule has 2 aliphatic rings. The number of carbonyl (C=O) groups is 1. The lowest BCUT2D eigenvalue weighted by molar-refractivity contribution is 0.0711. The van der Waals surface area contributed by atoms with Crippen molar-refractivity contribution in [1.29, 1.82) is 0 Å². The molecule has 0 aliphatic heterocycles. The molecule has 0 bridgehead atoms. The van der Waals surface area contributed by atoms with E-state index in [2.05, 4.69) is 13.5 Å². The summed E-state index contributed by atoms with van der Waals surface area (Å²) in [5.74, 6) is -0.440. The van der Waals surface area contributed by atoms with E-state index in [1.54, 1.807) is 0 Å². The maximum atomic E-state index is 13.0. The van der Waals surface area contributed by atoms with Crippen LogP contribution in [0.15, 0.2) is 12.2 Å². The van der Waals surface area contributed by atoms with Gasteiger partial charge < -0.3 is 20.1 Å². The number of ether oxygens (including phenoxy) is 1. The van der Waals surface area contributed by atoms with Gasteiger partial charge in [-0.1, -0.05) is 26.0 Å². The third-order valence-corrected chi connectivity index (χ3v) is 6.40. The standard InChI is InChI=1S/C21H28O5/c1-10-7-8-21(5)12(11(10)2)9-13(22)14-15(21)19(26-6)18(24)16(17(14)23)20(3,4)25/h10,12,23-25H,2,7-9H2,1,3-6H3/t10-,12+,21-/m0/s1. The Labute approximate surface area is 154 Å². The molecule has 0 saturated heterocycles. The van der Waals surface area contributed by atoms with Crippen LogP contribution >= 0.6 is 0 Å². The number of methoxy groups -OCH3 is 1. The maximum Gasteiger partial charge on any atom is 0.167 e. The van der Waals surface area contributed by atoms with Gasteiger partial charge in [-0.15, -0.1) is 0 Å². The highest BCUT2D eigenvalue weighted by atomic mass is 16.5. The summed E-state index contributed by atoms with van der Waals surface area (Å²) in [6.45, 7) is 11.3. The molecule has 5 heteroatoms. The second-order valence-electron chi connectivity index (χ2n) is 8.53. The Balaban J connectivity index is 2.40. The van der Waals surface area contributed by atoms with Crippen molar-refractivity contribution in [3.05, 3.63) is 28.8 Å². The number of hydrogen-bond donors (Lipinski definition) is 3. The van der Waals surface area contributed by atoms with Crippen molar-refractivity contribution in [2.24, 2.45) is 11.8 Å². The van der Waals surface area contributed by atoms with Gasteiger partial charge in [-0.3, -0.25) is 4.79 Å². The lowest BCUT2D eigenvalue weighted by Crippen LogP contribution is -2.45. The number of carbonyl (C=O) groups excluding carboxylic acids is 1. The Hall–Kier alpha value is -2.01. The van der Waals surface area contributed by atoms with Gasteiger partial charge in [0.2, 0.25) is 0 Å². The van der Waals surface area contributed by atoms with E-state index < -0.39 is 11.0 Å². The molecule has 0 spiro atoms. The van der Waals surface area contributed by atoms with Crippen LogP contribution in [0.25, 0.3) is 0 Å². The molecule has 3 atom stereocenters. The molecule has 1 aromatic rings. The van der Waals surface area contributed by atoms with E-state index >= 15 is 0 Å². The highest BCUT2D eigenvalue weighted by Crippen LogP contribution is 2.60. The summed E-state index contributed by atoms with van der Waals surface area (Å²) in [7, 11) is 1.43. The van der Waals surface area contributed by atoms with Crippen LogP contribution in [0.2, 0.25) is 0 Å². The highest BCUT2D eigenvalue weighted by Gasteiger charge is 2.52. The first-order chi connectivity index (χ1) is 11.9. The Bertz CT molecular complexity index is 802. The highest BCUT2D eigenvalue weighted by molar-refractivity contribution is 6.04. The summed E-state index contributed by atoms with van der Waals surface area (Å²) < 4.78 is 5.50. The van der Waals surface area contributed by atoms with Gasteiger partial charge in [0, 0.05) is 17.4 Å². The fraction of sp³-hybridized carbons (Fsp3) is 0.571. The number of Topliss-reactive ketones (excluding diaryl/α,β-unsaturated/α-hetero) is 1. The van der Waals surface area contributed by atoms with Crippen LogP contribution in [0.3, 0.4) is 0 Å². The molecule has 2 aliphatic carbocycles. The molecule has 0 radical (unpaired) electrons. The van der Waals surface area contributed by atoms with E-state index in [1.165, 1.54) is 21.0 Å². The van der Waals surface area contributed by atoms with Crippen molar-refractivity contribution >= 4 is 5.78 Å². The molecule has 1 saturated carbocycles. The summed E-state index contributed by atoms with van der Waals surface area (Å²) in [6, 6.07) is 0. The second-order valence-corrected chi connectivity index (χ2v) is 8.53. The third-order valence-electron chi connectivity index (χ3n) is 6.40. The molecule has 142 valence electrons. The number of phenols is 2. The first-order valence-corrected chi connectivity index (χ1v) is 9.06. The van der Waals surface area contributed by atoms with Crippen LogP contribution in [0.5, 0.6) is 17.2 Å². The zero-order valence-corrected chi connectivity index (χ0v) is 16.1. The number of allylic oxidation sites excluding steroid dienone is 1. The van der Waals surface area contributed by atoms with E-state index in [0.717, 1.165) is 18.4 Å². The Kier molecular flexibility index (Phi) is 4.15. The molecule has 0 heterocycles. The van der Waals surface area contributed by atoms with Crippen molar-refractivity contribution in [3.8, 4) is 17.2 Å². The SMILES string of the molecule is C=C1[C@H]2CC(=O)c3c(O)c(C(C)(C)O)c(O)c(OC)c3[C@@]2(C)CC[C@@H]1C. The van der Waals surface area contributed by atoms with E-state index in [-0.39, 0.29) is 46.5 Å². The average Bonchev–Trinajstić information content (AvgIpc) is 2.52. The van der Waals surface area contributed by atoms with Crippen LogP contribution in [0.4, 0.5) is 0 Å². The number of phenolic OH excluding ortho intramolecular Hbond substituents is 2. The van der Waals surface area contributed by atoms with Gasteiger partial charge in [0.1, 0.15) is 5.75 Å². The van der Waals surface area contributed by atoms with Crippen molar-refractivity contribution in [2.45, 2.75) is 58.0 Å². The van der Waals surface area contributed by atoms with E-state index in [0.29, 0.717) is 11.5 Å². The quantitative estimate of drug-likeness (QED) is 0.699. The first-order valence-electron chi connectivity index (χ1n) is 9.06. The molecule has 0 amide bonds. The van der Waals surface area contributed by atoms with E-state index in [4.69, 9.17) is 4.74 Å². The third kappa shape index (κ3) is 2.37. The smallest absolute Gasteiger partial charge is 0.167 e. The maximum absolute atomic E-state index is 13.0. The minimum Gasteiger partial charge on any atom is -0.507 e. The Morgan fingerprint density at radius 2 is 1.88 bits per heavy atom. The number of rotatable bonds is 2. The largest absolute Gasteiger partial charge is 0.507 e. The second kappa shape index (κ2) is 5.74. The molecule has 26 heavy (non-hydrogen) atoms. The van der Waals surface area contributed by atoms with Crippen molar-refractivity contribution < 1.29 is 24.9 Å².